The van der Waals surface area contributed by atoms with E-state index in [1.54, 1.807) is 0 Å². The number of nitrogens with zero attached hydrogens (tertiary/aromatic N) is 1. The number of carbonyl (C=O) groups excluding carboxylic acids is 1. The van der Waals surface area contributed by atoms with Crippen molar-refractivity contribution >= 4 is 5.91 Å². The third-order valence-electron chi connectivity index (χ3n) is 3.23. The Morgan fingerprint density at radius 3 is 2.75 bits per heavy atom. The number of hydrogen-bond acceptors (Lipinski definition) is 2. The van der Waals surface area contributed by atoms with E-state index >= 15 is 0 Å². The first kappa shape index (κ1) is 13.5. The van der Waals surface area contributed by atoms with E-state index in [9.17, 15) is 4.79 Å². The van der Waals surface area contributed by atoms with Crippen LogP contribution in [0.3, 0.4) is 0 Å². The quantitative estimate of drug-likeness (QED) is 0.797. The van der Waals surface area contributed by atoms with Crippen LogP contribution in [0.25, 0.3) is 0 Å². The van der Waals surface area contributed by atoms with E-state index in [2.05, 4.69) is 26.1 Å². The molecule has 1 aliphatic heterocycles. The Morgan fingerprint density at radius 1 is 1.38 bits per heavy atom. The van der Waals surface area contributed by atoms with Gasteiger partial charge in [-0.3, -0.25) is 4.79 Å². The van der Waals surface area contributed by atoms with Crippen molar-refractivity contribution in [2.75, 3.05) is 13.1 Å². The molecule has 1 unspecified atom stereocenters. The lowest BCUT2D eigenvalue weighted by Gasteiger charge is -2.30. The zero-order valence-electron chi connectivity index (χ0n) is 11.0. The van der Waals surface area contributed by atoms with Gasteiger partial charge in [-0.15, -0.1) is 0 Å². The van der Waals surface area contributed by atoms with Gasteiger partial charge in [-0.1, -0.05) is 19.8 Å². The van der Waals surface area contributed by atoms with E-state index < -0.39 is 0 Å². The van der Waals surface area contributed by atoms with Crippen LogP contribution in [-0.2, 0) is 4.79 Å². The maximum Gasteiger partial charge on any atom is 0.239 e. The predicted molar refractivity (Wildman–Crippen MR) is 67.4 cm³/mol. The van der Waals surface area contributed by atoms with Gasteiger partial charge in [0.1, 0.15) is 0 Å². The topological polar surface area (TPSA) is 32.3 Å². The highest BCUT2D eigenvalue weighted by Crippen LogP contribution is 2.12. The van der Waals surface area contributed by atoms with Crippen LogP contribution in [0.2, 0.25) is 0 Å². The minimum atomic E-state index is 0.0662. The minimum Gasteiger partial charge on any atom is -0.339 e. The molecule has 3 heteroatoms. The molecule has 0 aromatic carbocycles. The maximum atomic E-state index is 12.3. The normalized spacial score (nSPS) is 21.9. The van der Waals surface area contributed by atoms with Gasteiger partial charge in [0.2, 0.25) is 5.91 Å². The predicted octanol–water partition coefficient (Wildman–Crippen LogP) is 2.17. The molecule has 0 radical (unpaired) electrons. The Hall–Kier alpha value is -0.570. The summed E-state index contributed by atoms with van der Waals surface area (Å²) in [5.74, 6) is 0.304. The molecule has 1 saturated heterocycles. The van der Waals surface area contributed by atoms with Gasteiger partial charge in [0.05, 0.1) is 6.04 Å². The second kappa shape index (κ2) is 6.89. The van der Waals surface area contributed by atoms with Crippen LogP contribution in [0.5, 0.6) is 0 Å². The molecule has 0 bridgehead atoms. The van der Waals surface area contributed by atoms with Gasteiger partial charge < -0.3 is 10.2 Å². The van der Waals surface area contributed by atoms with Crippen molar-refractivity contribution in [3.63, 3.8) is 0 Å². The van der Waals surface area contributed by atoms with E-state index in [1.165, 1.54) is 19.3 Å². The van der Waals surface area contributed by atoms with Crippen LogP contribution < -0.4 is 5.32 Å². The molecular weight excluding hydrogens is 200 g/mol. The van der Waals surface area contributed by atoms with E-state index in [4.69, 9.17) is 0 Å². The van der Waals surface area contributed by atoms with Gasteiger partial charge in [0.15, 0.2) is 0 Å². The fourth-order valence-electron chi connectivity index (χ4n) is 2.30. The van der Waals surface area contributed by atoms with E-state index in [-0.39, 0.29) is 6.04 Å². The van der Waals surface area contributed by atoms with Crippen molar-refractivity contribution in [3.05, 3.63) is 0 Å². The highest BCUT2D eigenvalue weighted by atomic mass is 16.2. The first-order valence-corrected chi connectivity index (χ1v) is 6.70. The van der Waals surface area contributed by atoms with Crippen molar-refractivity contribution in [2.45, 2.75) is 65.0 Å². The van der Waals surface area contributed by atoms with Crippen LogP contribution in [0.15, 0.2) is 0 Å². The molecule has 1 heterocycles. The largest absolute Gasteiger partial charge is 0.339 e. The number of carbonyl (C=O) groups is 1. The molecule has 0 aromatic rings. The molecule has 0 aliphatic carbocycles. The number of hydrogen-bond donors (Lipinski definition) is 1. The van der Waals surface area contributed by atoms with Gasteiger partial charge in [-0.2, -0.15) is 0 Å². The molecule has 1 atom stereocenters. The monoisotopic (exact) mass is 226 g/mol. The average molecular weight is 226 g/mol. The molecule has 3 nitrogen and oxygen atoms in total. The summed E-state index contributed by atoms with van der Waals surface area (Å²) in [6.45, 7) is 8.21. The summed E-state index contributed by atoms with van der Waals surface area (Å²) in [6.07, 6.45) is 5.69. The molecule has 1 rings (SSSR count). The van der Waals surface area contributed by atoms with Crippen LogP contribution in [0, 0.1) is 0 Å². The zero-order valence-corrected chi connectivity index (χ0v) is 11.0. The van der Waals surface area contributed by atoms with Crippen molar-refractivity contribution in [1.82, 2.24) is 10.2 Å². The summed E-state index contributed by atoms with van der Waals surface area (Å²) < 4.78 is 0. The lowest BCUT2D eigenvalue weighted by molar-refractivity contribution is -0.135. The Bertz CT molecular complexity index is 208. The Kier molecular flexibility index (Phi) is 5.81. The van der Waals surface area contributed by atoms with E-state index in [0.29, 0.717) is 11.9 Å². The summed E-state index contributed by atoms with van der Waals surface area (Å²) in [7, 11) is 0. The fraction of sp³-hybridized carbons (Fsp3) is 0.923. The minimum absolute atomic E-state index is 0.0662. The first-order chi connectivity index (χ1) is 7.66. The summed E-state index contributed by atoms with van der Waals surface area (Å²) in [5, 5.41) is 3.38. The SMILES string of the molecule is CCCN(C(=O)C1CCCCCN1)C(C)C. The van der Waals surface area contributed by atoms with Crippen LogP contribution in [0.4, 0.5) is 0 Å². The third-order valence-corrected chi connectivity index (χ3v) is 3.23. The molecular formula is C13H26N2O. The number of rotatable bonds is 4. The number of nitrogens with one attached hydrogen (secondary N) is 1. The second-order valence-corrected chi connectivity index (χ2v) is 4.98. The highest BCUT2D eigenvalue weighted by molar-refractivity contribution is 5.82. The average Bonchev–Trinajstić information content (AvgIpc) is 2.53. The summed E-state index contributed by atoms with van der Waals surface area (Å²) in [4.78, 5) is 14.4. The van der Waals surface area contributed by atoms with E-state index in [1.807, 2.05) is 4.90 Å². The standard InChI is InChI=1S/C13H26N2O/c1-4-10-15(11(2)3)13(16)12-8-6-5-7-9-14-12/h11-12,14H,4-10H2,1-3H3. The van der Waals surface area contributed by atoms with Crippen LogP contribution in [-0.4, -0.2) is 36.0 Å². The molecule has 1 amide bonds. The maximum absolute atomic E-state index is 12.3. The Labute approximate surface area is 99.6 Å². The molecule has 16 heavy (non-hydrogen) atoms. The first-order valence-electron chi connectivity index (χ1n) is 6.70. The summed E-state index contributed by atoms with van der Waals surface area (Å²) >= 11 is 0. The fourth-order valence-corrected chi connectivity index (χ4v) is 2.30. The molecule has 0 spiro atoms. The van der Waals surface area contributed by atoms with Crippen molar-refractivity contribution in [1.29, 1.82) is 0 Å². The lowest BCUT2D eigenvalue weighted by atomic mass is 10.1. The molecule has 1 N–H and O–H groups in total. The molecule has 1 aliphatic rings. The molecule has 94 valence electrons. The smallest absolute Gasteiger partial charge is 0.239 e. The summed E-state index contributed by atoms with van der Waals surface area (Å²) in [6, 6.07) is 0.383. The van der Waals surface area contributed by atoms with Gasteiger partial charge in [0, 0.05) is 12.6 Å². The number of amides is 1. The summed E-state index contributed by atoms with van der Waals surface area (Å²) in [5.41, 5.74) is 0. The van der Waals surface area contributed by atoms with Gasteiger partial charge in [-0.05, 0) is 39.7 Å². The van der Waals surface area contributed by atoms with Crippen molar-refractivity contribution in [3.8, 4) is 0 Å². The van der Waals surface area contributed by atoms with Crippen molar-refractivity contribution in [2.24, 2.45) is 0 Å². The van der Waals surface area contributed by atoms with Gasteiger partial charge in [0.25, 0.3) is 0 Å². The van der Waals surface area contributed by atoms with Crippen LogP contribution in [0.1, 0.15) is 52.9 Å². The van der Waals surface area contributed by atoms with Crippen molar-refractivity contribution < 1.29 is 4.79 Å². The van der Waals surface area contributed by atoms with Gasteiger partial charge in [-0.25, -0.2) is 0 Å². The zero-order chi connectivity index (χ0) is 12.0. The third kappa shape index (κ3) is 3.78. The second-order valence-electron chi connectivity index (χ2n) is 4.98. The molecule has 1 fully saturated rings. The Morgan fingerprint density at radius 2 is 2.12 bits per heavy atom. The van der Waals surface area contributed by atoms with E-state index in [0.717, 1.165) is 25.9 Å². The lowest BCUT2D eigenvalue weighted by Crippen LogP contribution is -2.49. The van der Waals surface area contributed by atoms with Gasteiger partial charge >= 0.3 is 0 Å². The Balaban J connectivity index is 2.57. The molecule has 0 aromatic heterocycles. The van der Waals surface area contributed by atoms with Crippen LogP contribution >= 0.6 is 0 Å². The highest BCUT2D eigenvalue weighted by Gasteiger charge is 2.25. The molecule has 0 saturated carbocycles.